The zero-order valence-corrected chi connectivity index (χ0v) is 19.1. The van der Waals surface area contributed by atoms with Gasteiger partial charge < -0.3 is 19.9 Å². The molecule has 2 amide bonds. The van der Waals surface area contributed by atoms with Crippen molar-refractivity contribution in [1.82, 2.24) is 31.0 Å². The Hall–Kier alpha value is -2.22. The average molecular weight is 506 g/mol. The van der Waals surface area contributed by atoms with Crippen LogP contribution in [0.3, 0.4) is 0 Å². The summed E-state index contributed by atoms with van der Waals surface area (Å²) in [6, 6.07) is -1.08. The maximum atomic E-state index is 13.2. The number of nitrogens with zero attached hydrogens (tertiary/aromatic N) is 4. The van der Waals surface area contributed by atoms with E-state index in [9.17, 15) is 22.8 Å². The van der Waals surface area contributed by atoms with E-state index >= 15 is 0 Å². The van der Waals surface area contributed by atoms with Crippen molar-refractivity contribution < 1.29 is 27.5 Å². The summed E-state index contributed by atoms with van der Waals surface area (Å²) in [4.78, 5) is 36.6. The van der Waals surface area contributed by atoms with Crippen molar-refractivity contribution in [2.24, 2.45) is 5.92 Å². The number of alkyl halides is 3. The monoisotopic (exact) mass is 505 g/mol. The van der Waals surface area contributed by atoms with Crippen LogP contribution in [0.15, 0.2) is 12.4 Å². The number of halogens is 4. The van der Waals surface area contributed by atoms with Gasteiger partial charge in [0, 0.05) is 45.3 Å². The van der Waals surface area contributed by atoms with E-state index < -0.39 is 24.0 Å². The number of anilines is 1. The quantitative estimate of drug-likeness (QED) is 0.512. The number of nitrogens with one attached hydrogen (secondary N) is 3. The maximum Gasteiger partial charge on any atom is 0.402 e. The van der Waals surface area contributed by atoms with E-state index in [-0.39, 0.29) is 37.6 Å². The molecule has 4 heterocycles. The molecular weight excluding hydrogens is 479 g/mol. The summed E-state index contributed by atoms with van der Waals surface area (Å²) >= 11 is 5.82. The molecule has 188 valence electrons. The third-order valence-corrected chi connectivity index (χ3v) is 6.49. The van der Waals surface area contributed by atoms with Gasteiger partial charge in [0.15, 0.2) is 5.92 Å². The molecule has 1 aromatic heterocycles. The largest absolute Gasteiger partial charge is 0.402 e. The van der Waals surface area contributed by atoms with Gasteiger partial charge >= 0.3 is 6.18 Å². The van der Waals surface area contributed by atoms with Gasteiger partial charge in [-0.3, -0.25) is 15.0 Å². The van der Waals surface area contributed by atoms with Crippen LogP contribution in [0.1, 0.15) is 19.3 Å². The summed E-state index contributed by atoms with van der Waals surface area (Å²) in [5.41, 5.74) is 4.51. The highest BCUT2D eigenvalue weighted by molar-refractivity contribution is 6.30. The third-order valence-electron chi connectivity index (χ3n) is 6.30. The zero-order chi connectivity index (χ0) is 24.3. The highest BCUT2D eigenvalue weighted by atomic mass is 35.5. The lowest BCUT2D eigenvalue weighted by Gasteiger charge is -2.35. The molecule has 3 N–H and O–H groups in total. The number of rotatable bonds is 6. The minimum Gasteiger partial charge on any atom is -0.373 e. The third kappa shape index (κ3) is 6.06. The lowest BCUT2D eigenvalue weighted by atomic mass is 9.96. The van der Waals surface area contributed by atoms with Gasteiger partial charge in [-0.1, -0.05) is 11.6 Å². The van der Waals surface area contributed by atoms with Gasteiger partial charge in [-0.05, 0) is 12.8 Å². The highest BCUT2D eigenvalue weighted by Crippen LogP contribution is 2.30. The molecule has 0 spiro atoms. The molecule has 4 atom stereocenters. The van der Waals surface area contributed by atoms with E-state index in [4.69, 9.17) is 16.3 Å². The Kier molecular flexibility index (Phi) is 7.75. The van der Waals surface area contributed by atoms with E-state index in [1.807, 2.05) is 10.3 Å². The highest BCUT2D eigenvalue weighted by Gasteiger charge is 2.51. The van der Waals surface area contributed by atoms with Crippen molar-refractivity contribution >= 4 is 29.4 Å². The van der Waals surface area contributed by atoms with Gasteiger partial charge in [0.2, 0.25) is 17.8 Å². The molecule has 3 aliphatic rings. The van der Waals surface area contributed by atoms with Crippen LogP contribution >= 0.6 is 11.6 Å². The normalized spacial score (nSPS) is 28.2. The average Bonchev–Trinajstić information content (AvgIpc) is 3.24. The van der Waals surface area contributed by atoms with Crippen LogP contribution in [0.25, 0.3) is 0 Å². The second-order valence-electron chi connectivity index (χ2n) is 8.63. The number of carbonyl (C=O) groups excluding carboxylic acids is 2. The summed E-state index contributed by atoms with van der Waals surface area (Å²) in [5, 5.41) is 3.28. The number of carbonyl (C=O) groups is 2. The van der Waals surface area contributed by atoms with Crippen molar-refractivity contribution in [3.63, 3.8) is 0 Å². The standard InChI is InChI=1S/C20H27ClF3N7O3/c21-12-8-26-19(27-9-12)31-5-3-30(4-6-31)16(32)7-13-1-2-14(34-13)10-25-15-11-28-29-18(33)17(15)20(22,23)24/h8-9,13-15,17,25,28H,1-7,10-11H2,(H,29,33)/t13-,14+,15?,17?/m0/s1. The van der Waals surface area contributed by atoms with Crippen LogP contribution in [-0.2, 0) is 14.3 Å². The fourth-order valence-corrected chi connectivity index (χ4v) is 4.60. The fourth-order valence-electron chi connectivity index (χ4n) is 4.50. The molecule has 0 aliphatic carbocycles. The Morgan fingerprint density at radius 1 is 1.18 bits per heavy atom. The van der Waals surface area contributed by atoms with Crippen molar-refractivity contribution in [1.29, 1.82) is 0 Å². The smallest absolute Gasteiger partial charge is 0.373 e. The molecule has 3 saturated heterocycles. The zero-order valence-electron chi connectivity index (χ0n) is 18.4. The van der Waals surface area contributed by atoms with Gasteiger partial charge in [-0.15, -0.1) is 0 Å². The van der Waals surface area contributed by atoms with E-state index in [1.165, 1.54) is 12.4 Å². The number of hydrogen-bond donors (Lipinski definition) is 3. The number of aromatic nitrogens is 2. The number of amides is 2. The Morgan fingerprint density at radius 2 is 1.85 bits per heavy atom. The van der Waals surface area contributed by atoms with Gasteiger partial charge in [-0.2, -0.15) is 13.2 Å². The van der Waals surface area contributed by atoms with Gasteiger partial charge in [0.1, 0.15) is 0 Å². The number of hydrogen-bond acceptors (Lipinski definition) is 8. The minimum absolute atomic E-state index is 0.0134. The van der Waals surface area contributed by atoms with Crippen LogP contribution in [-0.4, -0.2) is 90.4 Å². The van der Waals surface area contributed by atoms with Gasteiger partial charge in [0.25, 0.3) is 0 Å². The molecule has 0 bridgehead atoms. The van der Waals surface area contributed by atoms with E-state index in [0.717, 1.165) is 0 Å². The SMILES string of the molecule is O=C1NNCC(NC[C@H]2CC[C@@H](CC(=O)N3CCN(c4ncc(Cl)cn4)CC3)O2)C1C(F)(F)F. The van der Waals surface area contributed by atoms with Crippen LogP contribution in [0.4, 0.5) is 19.1 Å². The van der Waals surface area contributed by atoms with Gasteiger partial charge in [-0.25, -0.2) is 15.4 Å². The van der Waals surface area contributed by atoms with Crippen LogP contribution < -0.4 is 21.1 Å². The van der Waals surface area contributed by atoms with Crippen LogP contribution in [0.5, 0.6) is 0 Å². The molecule has 10 nitrogen and oxygen atoms in total. The second kappa shape index (κ2) is 10.6. The first-order valence-electron chi connectivity index (χ1n) is 11.2. The number of ether oxygens (including phenoxy) is 1. The fraction of sp³-hybridized carbons (Fsp3) is 0.700. The molecule has 3 fully saturated rings. The molecule has 0 radical (unpaired) electrons. The number of hydrazine groups is 1. The first kappa shape index (κ1) is 24.9. The lowest BCUT2D eigenvalue weighted by molar-refractivity contribution is -0.193. The predicted molar refractivity (Wildman–Crippen MR) is 116 cm³/mol. The summed E-state index contributed by atoms with van der Waals surface area (Å²) in [5.74, 6) is -2.66. The summed E-state index contributed by atoms with van der Waals surface area (Å²) in [6.45, 7) is 2.42. The molecule has 4 rings (SSSR count). The van der Waals surface area contributed by atoms with Crippen molar-refractivity contribution in [3.05, 3.63) is 17.4 Å². The molecule has 1 aromatic rings. The van der Waals surface area contributed by atoms with Crippen LogP contribution in [0.2, 0.25) is 5.02 Å². The Bertz CT molecular complexity index is 868. The van der Waals surface area contributed by atoms with Crippen molar-refractivity contribution in [2.45, 2.75) is 43.7 Å². The van der Waals surface area contributed by atoms with Gasteiger partial charge in [0.05, 0.1) is 36.0 Å². The molecule has 0 saturated carbocycles. The summed E-state index contributed by atoms with van der Waals surface area (Å²) in [7, 11) is 0. The molecule has 0 aromatic carbocycles. The van der Waals surface area contributed by atoms with Crippen molar-refractivity contribution in [2.75, 3.05) is 44.2 Å². The minimum atomic E-state index is -4.64. The van der Waals surface area contributed by atoms with E-state index in [2.05, 4.69) is 20.7 Å². The number of piperazine rings is 1. The topological polar surface area (TPSA) is 112 Å². The van der Waals surface area contributed by atoms with Crippen LogP contribution in [0, 0.1) is 5.92 Å². The van der Waals surface area contributed by atoms with E-state index in [1.54, 1.807) is 4.90 Å². The van der Waals surface area contributed by atoms with E-state index in [0.29, 0.717) is 50.0 Å². The second-order valence-corrected chi connectivity index (χ2v) is 9.07. The Morgan fingerprint density at radius 3 is 2.53 bits per heavy atom. The Balaban J connectivity index is 1.19. The molecule has 14 heteroatoms. The first-order valence-corrected chi connectivity index (χ1v) is 11.6. The summed E-state index contributed by atoms with van der Waals surface area (Å²) < 4.78 is 45.6. The summed E-state index contributed by atoms with van der Waals surface area (Å²) in [6.07, 6.45) is -0.636. The lowest BCUT2D eigenvalue weighted by Crippen LogP contribution is -2.64. The predicted octanol–water partition coefficient (Wildman–Crippen LogP) is 0.487. The molecular formula is C20H27ClF3N7O3. The molecule has 3 aliphatic heterocycles. The maximum absolute atomic E-state index is 13.2. The Labute approximate surface area is 199 Å². The molecule has 34 heavy (non-hydrogen) atoms. The first-order chi connectivity index (χ1) is 16.2. The van der Waals surface area contributed by atoms with Crippen molar-refractivity contribution in [3.8, 4) is 0 Å². The molecule has 2 unspecified atom stereocenters.